The largest absolute Gasteiger partial charge is 0.458 e. The SMILES string of the molecule is CC(=O)O[C@@H]1[C@H](OC(C)=O)[C@@H](C)[C@]23OC(C)(C)[C@H](C[C@H](OC(=O)/C=C/c4ccccc4)[C@]2(C)[C@H]1OC(=O)c1cccnc1)[C@H]3O. The number of hydrogen-bond acceptors (Lipinski definition) is 11. The van der Waals surface area contributed by atoms with Crippen molar-refractivity contribution in [2.24, 2.45) is 17.3 Å². The monoisotopic (exact) mass is 621 g/mol. The van der Waals surface area contributed by atoms with Gasteiger partial charge in [-0.1, -0.05) is 37.3 Å². The van der Waals surface area contributed by atoms with E-state index in [0.29, 0.717) is 0 Å². The highest BCUT2D eigenvalue weighted by atomic mass is 16.6. The summed E-state index contributed by atoms with van der Waals surface area (Å²) in [7, 11) is 0. The summed E-state index contributed by atoms with van der Waals surface area (Å²) in [6.07, 6.45) is -0.192. The van der Waals surface area contributed by atoms with Crippen molar-refractivity contribution < 1.29 is 48.0 Å². The number of benzene rings is 1. The fourth-order valence-electron chi connectivity index (χ4n) is 7.74. The van der Waals surface area contributed by atoms with Gasteiger partial charge >= 0.3 is 23.9 Å². The van der Waals surface area contributed by atoms with E-state index in [4.69, 9.17) is 23.7 Å². The van der Waals surface area contributed by atoms with Crippen molar-refractivity contribution in [3.05, 3.63) is 72.1 Å². The van der Waals surface area contributed by atoms with Crippen LogP contribution in [0.3, 0.4) is 0 Å². The summed E-state index contributed by atoms with van der Waals surface area (Å²) in [6.45, 7) is 9.49. The van der Waals surface area contributed by atoms with Crippen molar-refractivity contribution in [3.63, 3.8) is 0 Å². The lowest BCUT2D eigenvalue weighted by molar-refractivity contribution is -0.324. The van der Waals surface area contributed by atoms with Gasteiger partial charge in [0.1, 0.15) is 17.8 Å². The van der Waals surface area contributed by atoms with Gasteiger partial charge in [-0.25, -0.2) is 9.59 Å². The summed E-state index contributed by atoms with van der Waals surface area (Å²) in [5.74, 6) is -4.18. The number of fused-ring (bicyclic) bond motifs is 1. The van der Waals surface area contributed by atoms with Crippen LogP contribution in [0.4, 0.5) is 0 Å². The molecule has 1 saturated heterocycles. The van der Waals surface area contributed by atoms with Gasteiger partial charge in [0, 0.05) is 44.2 Å². The van der Waals surface area contributed by atoms with Crippen LogP contribution >= 0.6 is 0 Å². The van der Waals surface area contributed by atoms with Crippen molar-refractivity contribution in [2.75, 3.05) is 0 Å². The predicted molar refractivity (Wildman–Crippen MR) is 159 cm³/mol. The summed E-state index contributed by atoms with van der Waals surface area (Å²) in [4.78, 5) is 56.0. The number of nitrogens with zero attached hydrogens (tertiary/aromatic N) is 1. The molecule has 11 heteroatoms. The molecule has 2 aliphatic carbocycles. The van der Waals surface area contributed by atoms with E-state index in [2.05, 4.69) is 4.98 Å². The van der Waals surface area contributed by atoms with Crippen LogP contribution in [0.1, 0.15) is 63.9 Å². The Hall–Kier alpha value is -4.09. The van der Waals surface area contributed by atoms with Crippen LogP contribution in [-0.2, 0) is 38.1 Å². The molecule has 1 aliphatic heterocycles. The summed E-state index contributed by atoms with van der Waals surface area (Å²) in [5.41, 5.74) is -3.12. The maximum Gasteiger partial charge on any atom is 0.340 e. The van der Waals surface area contributed by atoms with Crippen LogP contribution in [0.2, 0.25) is 0 Å². The summed E-state index contributed by atoms with van der Waals surface area (Å²) >= 11 is 0. The third-order valence-electron chi connectivity index (χ3n) is 9.71. The molecule has 1 aromatic carbocycles. The first-order chi connectivity index (χ1) is 21.2. The van der Waals surface area contributed by atoms with Gasteiger partial charge in [-0.05, 0) is 51.0 Å². The molecule has 0 unspecified atom stereocenters. The van der Waals surface area contributed by atoms with E-state index in [1.54, 1.807) is 26.0 Å². The molecule has 2 bridgehead atoms. The number of hydrogen-bond donors (Lipinski definition) is 1. The number of carbonyl (C=O) groups excluding carboxylic acids is 4. The zero-order valence-electron chi connectivity index (χ0n) is 26.2. The molecule has 2 aromatic rings. The van der Waals surface area contributed by atoms with Crippen molar-refractivity contribution in [1.82, 2.24) is 4.98 Å². The lowest BCUT2D eigenvalue weighted by atomic mass is 9.47. The average molecular weight is 622 g/mol. The second-order valence-corrected chi connectivity index (χ2v) is 12.7. The van der Waals surface area contributed by atoms with Gasteiger partial charge in [0.2, 0.25) is 0 Å². The van der Waals surface area contributed by atoms with Crippen molar-refractivity contribution in [3.8, 4) is 0 Å². The van der Waals surface area contributed by atoms with Crippen LogP contribution < -0.4 is 0 Å². The minimum absolute atomic E-state index is 0.112. The average Bonchev–Trinajstić information content (AvgIpc) is 3.15. The van der Waals surface area contributed by atoms with Crippen LogP contribution in [-0.4, -0.2) is 75.7 Å². The number of carbonyl (C=O) groups is 4. The molecule has 0 amide bonds. The molecular weight excluding hydrogens is 582 g/mol. The lowest BCUT2D eigenvalue weighted by Gasteiger charge is -2.63. The normalized spacial score (nSPS) is 34.8. The lowest BCUT2D eigenvalue weighted by Crippen LogP contribution is -2.79. The number of aliphatic hydroxyl groups excluding tert-OH is 1. The first-order valence-electron chi connectivity index (χ1n) is 15.0. The molecule has 0 radical (unpaired) electrons. The Bertz CT molecular complexity index is 1480. The zero-order valence-corrected chi connectivity index (χ0v) is 26.2. The van der Waals surface area contributed by atoms with Gasteiger partial charge in [0.25, 0.3) is 0 Å². The Morgan fingerprint density at radius 1 is 0.933 bits per heavy atom. The van der Waals surface area contributed by atoms with Gasteiger partial charge in [-0.15, -0.1) is 0 Å². The maximum atomic E-state index is 13.6. The van der Waals surface area contributed by atoms with Crippen molar-refractivity contribution in [1.29, 1.82) is 0 Å². The quantitative estimate of drug-likeness (QED) is 0.274. The van der Waals surface area contributed by atoms with Crippen LogP contribution in [0, 0.1) is 17.3 Å². The fraction of sp³-hybridized carbons (Fsp3) is 0.500. The zero-order chi connectivity index (χ0) is 32.7. The molecule has 9 atom stereocenters. The highest BCUT2D eigenvalue weighted by Gasteiger charge is 2.81. The van der Waals surface area contributed by atoms with E-state index in [1.807, 2.05) is 44.2 Å². The first kappa shape index (κ1) is 32.3. The molecule has 2 heterocycles. The predicted octanol–water partition coefficient (Wildman–Crippen LogP) is 3.68. The number of aliphatic hydroxyl groups is 1. The Morgan fingerprint density at radius 2 is 1.60 bits per heavy atom. The second kappa shape index (κ2) is 12.0. The Balaban J connectivity index is 1.66. The fourth-order valence-corrected chi connectivity index (χ4v) is 7.74. The Labute approximate surface area is 261 Å². The topological polar surface area (TPSA) is 148 Å². The minimum Gasteiger partial charge on any atom is -0.458 e. The molecule has 11 nitrogen and oxygen atoms in total. The summed E-state index contributed by atoms with van der Waals surface area (Å²) in [5, 5.41) is 12.1. The number of esters is 4. The second-order valence-electron chi connectivity index (χ2n) is 12.7. The summed E-state index contributed by atoms with van der Waals surface area (Å²) in [6, 6.07) is 12.3. The molecular formula is C34H39NO10. The van der Waals surface area contributed by atoms with E-state index in [0.717, 1.165) is 5.56 Å². The van der Waals surface area contributed by atoms with Crippen molar-refractivity contribution >= 4 is 30.0 Å². The van der Waals surface area contributed by atoms with Gasteiger partial charge in [0.05, 0.1) is 22.7 Å². The number of ether oxygens (including phenoxy) is 5. The molecule has 3 aliphatic rings. The molecule has 1 spiro atoms. The van der Waals surface area contributed by atoms with E-state index >= 15 is 0 Å². The first-order valence-corrected chi connectivity index (χ1v) is 15.0. The van der Waals surface area contributed by atoms with Gasteiger partial charge in [-0.3, -0.25) is 14.6 Å². The van der Waals surface area contributed by atoms with E-state index in [1.165, 1.54) is 38.4 Å². The van der Waals surface area contributed by atoms with Crippen LogP contribution in [0.25, 0.3) is 6.08 Å². The standard InChI is InChI=1S/C34H39NO10/c1-19-27(41-20(2)36)28(42-21(3)37)30(44-31(40)23-13-10-16-35-18-23)33(6)25(17-24-29(39)34(19,33)45-32(24,4)5)43-26(38)15-14-22-11-8-7-9-12-22/h7-16,18-19,24-25,27-30,39H,17H2,1-6H3/b15-14+/t19-,24-,25+,27-,28-,29-,30+,33-,34-/m1/s1. The van der Waals surface area contributed by atoms with Gasteiger partial charge < -0.3 is 28.8 Å². The molecule has 45 heavy (non-hydrogen) atoms. The molecule has 1 N–H and O–H groups in total. The number of aromatic nitrogens is 1. The third kappa shape index (κ3) is 5.52. The summed E-state index contributed by atoms with van der Waals surface area (Å²) < 4.78 is 30.7. The Morgan fingerprint density at radius 3 is 2.22 bits per heavy atom. The molecule has 5 rings (SSSR count). The smallest absolute Gasteiger partial charge is 0.340 e. The molecule has 3 fully saturated rings. The van der Waals surface area contributed by atoms with Crippen LogP contribution in [0.15, 0.2) is 60.9 Å². The molecule has 1 aromatic heterocycles. The van der Waals surface area contributed by atoms with E-state index in [9.17, 15) is 24.3 Å². The van der Waals surface area contributed by atoms with Crippen molar-refractivity contribution in [2.45, 2.75) is 89.7 Å². The highest BCUT2D eigenvalue weighted by molar-refractivity contribution is 5.89. The van der Waals surface area contributed by atoms with Gasteiger partial charge in [-0.2, -0.15) is 0 Å². The number of pyridine rings is 1. The molecule has 2 saturated carbocycles. The van der Waals surface area contributed by atoms with E-state index < -0.39 is 82.8 Å². The minimum atomic E-state index is -1.58. The van der Waals surface area contributed by atoms with Gasteiger partial charge in [0.15, 0.2) is 12.2 Å². The highest BCUT2D eigenvalue weighted by Crippen LogP contribution is 2.67. The third-order valence-corrected chi connectivity index (χ3v) is 9.71. The van der Waals surface area contributed by atoms with E-state index in [-0.39, 0.29) is 12.0 Å². The maximum absolute atomic E-state index is 13.6. The van der Waals surface area contributed by atoms with Crippen LogP contribution in [0.5, 0.6) is 0 Å². The molecule has 240 valence electrons. The number of rotatable bonds is 7. The Kier molecular flexibility index (Phi) is 8.63.